The minimum Gasteiger partial charge on any atom is -0.494 e. The maximum absolute atomic E-state index is 12.0. The van der Waals surface area contributed by atoms with E-state index in [1.165, 1.54) is 0 Å². The molecule has 0 radical (unpaired) electrons. The van der Waals surface area contributed by atoms with Crippen LogP contribution < -0.4 is 20.3 Å². The van der Waals surface area contributed by atoms with Gasteiger partial charge < -0.3 is 9.47 Å². The van der Waals surface area contributed by atoms with E-state index < -0.39 is 12.0 Å². The SMILES string of the molecule is CCOc1ccc(OC(C)C(=O)NNC(=O)c2cccc(C)c2)cc1. The lowest BCUT2D eigenvalue weighted by Gasteiger charge is -2.15. The number of aryl methyl sites for hydroxylation is 1. The summed E-state index contributed by atoms with van der Waals surface area (Å²) in [6.45, 7) is 5.98. The van der Waals surface area contributed by atoms with E-state index in [9.17, 15) is 9.59 Å². The molecule has 1 atom stereocenters. The molecule has 0 spiro atoms. The van der Waals surface area contributed by atoms with Gasteiger partial charge in [0, 0.05) is 5.56 Å². The van der Waals surface area contributed by atoms with E-state index in [-0.39, 0.29) is 5.91 Å². The van der Waals surface area contributed by atoms with Gasteiger partial charge in [-0.3, -0.25) is 20.4 Å². The Morgan fingerprint density at radius 1 is 1.04 bits per heavy atom. The highest BCUT2D eigenvalue weighted by atomic mass is 16.5. The molecule has 0 aliphatic rings. The molecule has 0 saturated heterocycles. The first-order chi connectivity index (χ1) is 12.0. The maximum Gasteiger partial charge on any atom is 0.279 e. The summed E-state index contributed by atoms with van der Waals surface area (Å²) < 4.78 is 10.9. The second kappa shape index (κ2) is 8.73. The standard InChI is InChI=1S/C19H22N2O4/c1-4-24-16-8-10-17(11-9-16)25-14(3)18(22)20-21-19(23)15-7-5-6-13(2)12-15/h5-12,14H,4H2,1-3H3,(H,20,22)(H,21,23). The quantitative estimate of drug-likeness (QED) is 0.791. The first-order valence-corrected chi connectivity index (χ1v) is 8.06. The highest BCUT2D eigenvalue weighted by molar-refractivity contribution is 5.95. The Morgan fingerprint density at radius 2 is 1.72 bits per heavy atom. The van der Waals surface area contributed by atoms with Crippen LogP contribution in [0.3, 0.4) is 0 Å². The van der Waals surface area contributed by atoms with Crippen LogP contribution in [0, 0.1) is 6.92 Å². The fourth-order valence-corrected chi connectivity index (χ4v) is 2.12. The highest BCUT2D eigenvalue weighted by Gasteiger charge is 2.16. The van der Waals surface area contributed by atoms with Crippen LogP contribution in [0.25, 0.3) is 0 Å². The third-order valence-corrected chi connectivity index (χ3v) is 3.40. The van der Waals surface area contributed by atoms with Crippen LogP contribution in [-0.2, 0) is 4.79 Å². The zero-order valence-electron chi connectivity index (χ0n) is 14.5. The second-order valence-electron chi connectivity index (χ2n) is 5.48. The molecular formula is C19H22N2O4. The monoisotopic (exact) mass is 342 g/mol. The summed E-state index contributed by atoms with van der Waals surface area (Å²) in [5.41, 5.74) is 6.18. The molecule has 0 fully saturated rings. The number of hydrogen-bond acceptors (Lipinski definition) is 4. The van der Waals surface area contributed by atoms with Crippen molar-refractivity contribution in [3.05, 3.63) is 59.7 Å². The summed E-state index contributed by atoms with van der Waals surface area (Å²) in [6, 6.07) is 14.1. The Balaban J connectivity index is 1.84. The fraction of sp³-hybridized carbons (Fsp3) is 0.263. The molecule has 0 aliphatic carbocycles. The van der Waals surface area contributed by atoms with Gasteiger partial charge in [0.15, 0.2) is 6.10 Å². The molecule has 6 heteroatoms. The van der Waals surface area contributed by atoms with Gasteiger partial charge in [-0.05, 0) is 57.2 Å². The van der Waals surface area contributed by atoms with Gasteiger partial charge in [-0.1, -0.05) is 17.7 Å². The second-order valence-corrected chi connectivity index (χ2v) is 5.48. The van der Waals surface area contributed by atoms with Crippen molar-refractivity contribution in [2.24, 2.45) is 0 Å². The zero-order chi connectivity index (χ0) is 18.2. The van der Waals surface area contributed by atoms with E-state index in [0.29, 0.717) is 17.9 Å². The lowest BCUT2D eigenvalue weighted by molar-refractivity contribution is -0.128. The van der Waals surface area contributed by atoms with E-state index in [1.54, 1.807) is 49.4 Å². The van der Waals surface area contributed by atoms with E-state index in [4.69, 9.17) is 9.47 Å². The Bertz CT molecular complexity index is 728. The molecule has 2 amide bonds. The first kappa shape index (κ1) is 18.3. The molecule has 2 aromatic carbocycles. The molecule has 2 aromatic rings. The van der Waals surface area contributed by atoms with Crippen molar-refractivity contribution in [1.29, 1.82) is 0 Å². The number of hydrazine groups is 1. The van der Waals surface area contributed by atoms with Gasteiger partial charge in [0.2, 0.25) is 0 Å². The molecule has 6 nitrogen and oxygen atoms in total. The van der Waals surface area contributed by atoms with E-state index >= 15 is 0 Å². The summed E-state index contributed by atoms with van der Waals surface area (Å²) in [5.74, 6) is 0.439. The summed E-state index contributed by atoms with van der Waals surface area (Å²) in [4.78, 5) is 24.0. The van der Waals surface area contributed by atoms with Crippen molar-refractivity contribution in [2.75, 3.05) is 6.61 Å². The van der Waals surface area contributed by atoms with Crippen LogP contribution >= 0.6 is 0 Å². The van der Waals surface area contributed by atoms with Gasteiger partial charge >= 0.3 is 0 Å². The van der Waals surface area contributed by atoms with Crippen LogP contribution in [0.5, 0.6) is 11.5 Å². The topological polar surface area (TPSA) is 76.7 Å². The lowest BCUT2D eigenvalue weighted by atomic mass is 10.1. The highest BCUT2D eigenvalue weighted by Crippen LogP contribution is 2.18. The first-order valence-electron chi connectivity index (χ1n) is 8.06. The number of carbonyl (C=O) groups excluding carboxylic acids is 2. The van der Waals surface area contributed by atoms with Crippen LogP contribution in [-0.4, -0.2) is 24.5 Å². The number of ether oxygens (including phenoxy) is 2. The molecular weight excluding hydrogens is 320 g/mol. The Kier molecular flexibility index (Phi) is 6.39. The summed E-state index contributed by atoms with van der Waals surface area (Å²) in [6.07, 6.45) is -0.768. The van der Waals surface area contributed by atoms with Crippen molar-refractivity contribution in [3.63, 3.8) is 0 Å². The van der Waals surface area contributed by atoms with Crippen LogP contribution in [0.2, 0.25) is 0 Å². The Hall–Kier alpha value is -3.02. The van der Waals surface area contributed by atoms with E-state index in [0.717, 1.165) is 11.3 Å². The van der Waals surface area contributed by atoms with E-state index in [2.05, 4.69) is 10.9 Å². The molecule has 132 valence electrons. The average Bonchev–Trinajstić information content (AvgIpc) is 2.61. The molecule has 25 heavy (non-hydrogen) atoms. The largest absolute Gasteiger partial charge is 0.494 e. The van der Waals surface area contributed by atoms with Gasteiger partial charge in [-0.15, -0.1) is 0 Å². The Morgan fingerprint density at radius 3 is 2.36 bits per heavy atom. The average molecular weight is 342 g/mol. The summed E-state index contributed by atoms with van der Waals surface area (Å²) >= 11 is 0. The summed E-state index contributed by atoms with van der Waals surface area (Å²) in [5, 5.41) is 0. The predicted octanol–water partition coefficient (Wildman–Crippen LogP) is 2.62. The number of carbonyl (C=O) groups is 2. The third kappa shape index (κ3) is 5.53. The lowest BCUT2D eigenvalue weighted by Crippen LogP contribution is -2.47. The zero-order valence-corrected chi connectivity index (χ0v) is 14.5. The summed E-state index contributed by atoms with van der Waals surface area (Å²) in [7, 11) is 0. The van der Waals surface area contributed by atoms with Gasteiger partial charge in [0.05, 0.1) is 6.61 Å². The molecule has 0 aliphatic heterocycles. The van der Waals surface area contributed by atoms with Gasteiger partial charge in [-0.25, -0.2) is 0 Å². The molecule has 0 bridgehead atoms. The van der Waals surface area contributed by atoms with Crippen LogP contribution in [0.1, 0.15) is 29.8 Å². The Labute approximate surface area is 147 Å². The molecule has 2 rings (SSSR count). The molecule has 1 unspecified atom stereocenters. The number of benzene rings is 2. The number of rotatable bonds is 6. The van der Waals surface area contributed by atoms with Gasteiger partial charge in [0.25, 0.3) is 11.8 Å². The molecule has 0 aromatic heterocycles. The van der Waals surface area contributed by atoms with Crippen molar-refractivity contribution in [1.82, 2.24) is 10.9 Å². The van der Waals surface area contributed by atoms with Crippen LogP contribution in [0.15, 0.2) is 48.5 Å². The van der Waals surface area contributed by atoms with E-state index in [1.807, 2.05) is 19.9 Å². The molecule has 0 heterocycles. The van der Waals surface area contributed by atoms with Crippen molar-refractivity contribution >= 4 is 11.8 Å². The third-order valence-electron chi connectivity index (χ3n) is 3.40. The van der Waals surface area contributed by atoms with Gasteiger partial charge in [0.1, 0.15) is 11.5 Å². The number of amides is 2. The number of hydrogen-bond donors (Lipinski definition) is 2. The molecule has 0 saturated carbocycles. The predicted molar refractivity (Wildman–Crippen MR) is 94.5 cm³/mol. The maximum atomic E-state index is 12.0. The van der Waals surface area contributed by atoms with Gasteiger partial charge in [-0.2, -0.15) is 0 Å². The number of nitrogens with one attached hydrogen (secondary N) is 2. The molecule has 2 N–H and O–H groups in total. The van der Waals surface area contributed by atoms with Crippen LogP contribution in [0.4, 0.5) is 0 Å². The normalized spacial score (nSPS) is 11.3. The smallest absolute Gasteiger partial charge is 0.279 e. The van der Waals surface area contributed by atoms with Crippen molar-refractivity contribution in [3.8, 4) is 11.5 Å². The minimum absolute atomic E-state index is 0.384. The van der Waals surface area contributed by atoms with Crippen molar-refractivity contribution in [2.45, 2.75) is 26.9 Å². The minimum atomic E-state index is -0.768. The fourth-order valence-electron chi connectivity index (χ4n) is 2.12. The van der Waals surface area contributed by atoms with Crippen molar-refractivity contribution < 1.29 is 19.1 Å².